The Morgan fingerprint density at radius 3 is 2.74 bits per heavy atom. The van der Waals surface area contributed by atoms with Crippen LogP contribution in [0.1, 0.15) is 12.1 Å². The summed E-state index contributed by atoms with van der Waals surface area (Å²) in [6, 6.07) is 7.54. The third-order valence-corrected chi connectivity index (χ3v) is 6.53. The second-order valence-electron chi connectivity index (χ2n) is 5.59. The zero-order valence-electron chi connectivity index (χ0n) is 12.7. The van der Waals surface area contributed by atoms with Gasteiger partial charge in [0.2, 0.25) is 5.91 Å². The van der Waals surface area contributed by atoms with Crippen molar-refractivity contribution >= 4 is 38.3 Å². The smallest absolute Gasteiger partial charge is 0.230 e. The number of nitrogens with zero attached hydrogens (tertiary/aromatic N) is 2. The van der Waals surface area contributed by atoms with E-state index in [1.807, 2.05) is 31.2 Å². The molecule has 122 valence electrons. The van der Waals surface area contributed by atoms with Crippen molar-refractivity contribution in [2.75, 3.05) is 17.3 Å². The Labute approximate surface area is 139 Å². The van der Waals surface area contributed by atoms with Crippen LogP contribution in [-0.4, -0.2) is 47.8 Å². The number of nitrogens with one attached hydrogen (secondary N) is 1. The van der Waals surface area contributed by atoms with Gasteiger partial charge in [-0.25, -0.2) is 8.42 Å². The molecule has 23 heavy (non-hydrogen) atoms. The number of benzene rings is 1. The number of hydrogen-bond donors (Lipinski definition) is 1. The predicted octanol–water partition coefficient (Wildman–Crippen LogP) is 1.33. The summed E-state index contributed by atoms with van der Waals surface area (Å²) in [6.07, 6.45) is 0.492. The lowest BCUT2D eigenvalue weighted by Crippen LogP contribution is -2.36. The van der Waals surface area contributed by atoms with Crippen LogP contribution < -0.4 is 5.32 Å². The van der Waals surface area contributed by atoms with E-state index in [2.05, 4.69) is 15.5 Å². The van der Waals surface area contributed by atoms with E-state index in [4.69, 9.17) is 0 Å². The van der Waals surface area contributed by atoms with Gasteiger partial charge in [0.1, 0.15) is 5.03 Å². The van der Waals surface area contributed by atoms with E-state index >= 15 is 0 Å². The second kappa shape index (κ2) is 6.45. The number of carbonyl (C=O) groups is 1. The monoisotopic (exact) mass is 351 g/mol. The summed E-state index contributed by atoms with van der Waals surface area (Å²) in [7, 11) is -2.99. The summed E-state index contributed by atoms with van der Waals surface area (Å²) >= 11 is 1.31. The quantitative estimate of drug-likeness (QED) is 0.836. The minimum atomic E-state index is -2.99. The average molecular weight is 351 g/mol. The van der Waals surface area contributed by atoms with Crippen molar-refractivity contribution in [1.82, 2.24) is 15.5 Å². The normalized spacial score (nSPS) is 19.8. The fourth-order valence-corrected chi connectivity index (χ4v) is 5.09. The molecule has 1 unspecified atom stereocenters. The maximum atomic E-state index is 12.0. The van der Waals surface area contributed by atoms with Crippen LogP contribution in [0.15, 0.2) is 29.3 Å². The van der Waals surface area contributed by atoms with E-state index < -0.39 is 9.84 Å². The zero-order valence-corrected chi connectivity index (χ0v) is 14.3. The molecule has 1 amide bonds. The molecule has 1 N–H and O–H groups in total. The second-order valence-corrected chi connectivity index (χ2v) is 8.79. The molecule has 1 aliphatic rings. The lowest BCUT2D eigenvalue weighted by atomic mass is 10.1. The van der Waals surface area contributed by atoms with Crippen LogP contribution in [-0.2, 0) is 14.6 Å². The van der Waals surface area contributed by atoms with E-state index in [0.29, 0.717) is 11.4 Å². The number of aromatic nitrogens is 2. The lowest BCUT2D eigenvalue weighted by molar-refractivity contribution is -0.119. The van der Waals surface area contributed by atoms with E-state index in [1.54, 1.807) is 0 Å². The molecule has 1 aromatic heterocycles. The summed E-state index contributed by atoms with van der Waals surface area (Å²) in [5.74, 6) is 0.206. The highest BCUT2D eigenvalue weighted by atomic mass is 32.2. The van der Waals surface area contributed by atoms with Crippen LogP contribution in [0.5, 0.6) is 0 Å². The van der Waals surface area contributed by atoms with Crippen LogP contribution in [0, 0.1) is 6.92 Å². The number of fused-ring (bicyclic) bond motifs is 1. The van der Waals surface area contributed by atoms with Crippen LogP contribution in [0.25, 0.3) is 10.8 Å². The first-order chi connectivity index (χ1) is 10.9. The molecule has 1 fully saturated rings. The highest BCUT2D eigenvalue weighted by Crippen LogP contribution is 2.26. The van der Waals surface area contributed by atoms with E-state index in [-0.39, 0.29) is 29.2 Å². The number of amides is 1. The molecule has 1 atom stereocenters. The summed E-state index contributed by atoms with van der Waals surface area (Å²) in [5.41, 5.74) is 0.852. The minimum absolute atomic E-state index is 0.0384. The molecule has 0 saturated carbocycles. The topological polar surface area (TPSA) is 89.0 Å². The number of carbonyl (C=O) groups excluding carboxylic acids is 1. The van der Waals surface area contributed by atoms with Gasteiger partial charge in [0.15, 0.2) is 9.84 Å². The van der Waals surface area contributed by atoms with Crippen molar-refractivity contribution in [3.8, 4) is 0 Å². The first kappa shape index (κ1) is 16.2. The van der Waals surface area contributed by atoms with Crippen LogP contribution >= 0.6 is 11.8 Å². The molecule has 0 aliphatic carbocycles. The third kappa shape index (κ3) is 3.81. The fraction of sp³-hybridized carbons (Fsp3) is 0.400. The van der Waals surface area contributed by atoms with Gasteiger partial charge in [-0.05, 0) is 13.3 Å². The van der Waals surface area contributed by atoms with Crippen molar-refractivity contribution in [2.45, 2.75) is 24.4 Å². The van der Waals surface area contributed by atoms with E-state index in [0.717, 1.165) is 16.5 Å². The Hall–Kier alpha value is -1.67. The Morgan fingerprint density at radius 1 is 1.30 bits per heavy atom. The average Bonchev–Trinajstić information content (AvgIpc) is 2.86. The van der Waals surface area contributed by atoms with Gasteiger partial charge in [0.25, 0.3) is 0 Å². The van der Waals surface area contributed by atoms with Gasteiger partial charge in [-0.15, -0.1) is 5.10 Å². The van der Waals surface area contributed by atoms with Crippen LogP contribution in [0.4, 0.5) is 0 Å². The van der Waals surface area contributed by atoms with Gasteiger partial charge >= 0.3 is 0 Å². The van der Waals surface area contributed by atoms with Crippen molar-refractivity contribution in [1.29, 1.82) is 0 Å². The fourth-order valence-electron chi connectivity index (χ4n) is 2.63. The Kier molecular flexibility index (Phi) is 4.54. The standard InChI is InChI=1S/C15H17N3O3S2/c1-10-12-4-2-3-5-13(12)15(18-17-10)22-8-14(19)16-11-6-7-23(20,21)9-11/h2-5,11H,6-9H2,1H3,(H,16,19). The van der Waals surface area contributed by atoms with Crippen molar-refractivity contribution in [3.63, 3.8) is 0 Å². The molecule has 0 bridgehead atoms. The molecule has 1 aliphatic heterocycles. The molecule has 6 nitrogen and oxygen atoms in total. The molecule has 2 aromatic rings. The van der Waals surface area contributed by atoms with Gasteiger partial charge in [-0.3, -0.25) is 4.79 Å². The summed E-state index contributed by atoms with van der Waals surface area (Å²) in [5, 5.41) is 13.8. The number of aryl methyl sites for hydroxylation is 1. The molecule has 1 aromatic carbocycles. The zero-order chi connectivity index (χ0) is 16.4. The molecule has 8 heteroatoms. The maximum absolute atomic E-state index is 12.0. The number of rotatable bonds is 4. The summed E-state index contributed by atoms with van der Waals surface area (Å²) < 4.78 is 22.8. The predicted molar refractivity (Wildman–Crippen MR) is 90.2 cm³/mol. The summed E-state index contributed by atoms with van der Waals surface area (Å²) in [4.78, 5) is 12.0. The molecular weight excluding hydrogens is 334 g/mol. The SMILES string of the molecule is Cc1nnc(SCC(=O)NC2CCS(=O)(=O)C2)c2ccccc12. The minimum Gasteiger partial charge on any atom is -0.352 e. The summed E-state index contributed by atoms with van der Waals surface area (Å²) in [6.45, 7) is 1.90. The van der Waals surface area contributed by atoms with Crippen molar-refractivity contribution < 1.29 is 13.2 Å². The van der Waals surface area contributed by atoms with Crippen LogP contribution in [0.2, 0.25) is 0 Å². The number of sulfone groups is 1. The van der Waals surface area contributed by atoms with Gasteiger partial charge in [-0.2, -0.15) is 5.10 Å². The molecule has 0 radical (unpaired) electrons. The molecule has 0 spiro atoms. The largest absolute Gasteiger partial charge is 0.352 e. The Balaban J connectivity index is 1.65. The van der Waals surface area contributed by atoms with Gasteiger partial charge in [-0.1, -0.05) is 36.0 Å². The molecular formula is C15H17N3O3S2. The first-order valence-electron chi connectivity index (χ1n) is 7.29. The number of thioether (sulfide) groups is 1. The maximum Gasteiger partial charge on any atom is 0.230 e. The van der Waals surface area contributed by atoms with E-state index in [9.17, 15) is 13.2 Å². The lowest BCUT2D eigenvalue weighted by Gasteiger charge is -2.11. The van der Waals surface area contributed by atoms with Gasteiger partial charge in [0, 0.05) is 16.8 Å². The van der Waals surface area contributed by atoms with Crippen molar-refractivity contribution in [3.05, 3.63) is 30.0 Å². The van der Waals surface area contributed by atoms with Gasteiger partial charge < -0.3 is 5.32 Å². The molecule has 2 heterocycles. The first-order valence-corrected chi connectivity index (χ1v) is 10.1. The van der Waals surface area contributed by atoms with E-state index in [1.165, 1.54) is 11.8 Å². The van der Waals surface area contributed by atoms with Crippen molar-refractivity contribution in [2.24, 2.45) is 0 Å². The van der Waals surface area contributed by atoms with Crippen LogP contribution in [0.3, 0.4) is 0 Å². The van der Waals surface area contributed by atoms with Gasteiger partial charge in [0.05, 0.1) is 23.0 Å². The number of hydrogen-bond acceptors (Lipinski definition) is 6. The third-order valence-electron chi connectivity index (χ3n) is 3.78. The highest BCUT2D eigenvalue weighted by Gasteiger charge is 2.28. The highest BCUT2D eigenvalue weighted by molar-refractivity contribution is 8.00. The Bertz CT molecular complexity index is 852. The molecule has 3 rings (SSSR count). The molecule has 1 saturated heterocycles. The Morgan fingerprint density at radius 2 is 2.04 bits per heavy atom.